The van der Waals surface area contributed by atoms with Crippen LogP contribution >= 0.6 is 0 Å². The van der Waals surface area contributed by atoms with Gasteiger partial charge in [0.1, 0.15) is 16.9 Å². The molecule has 22 heavy (non-hydrogen) atoms. The summed E-state index contributed by atoms with van der Waals surface area (Å²) in [6, 6.07) is 2.17. The van der Waals surface area contributed by atoms with Gasteiger partial charge >= 0.3 is 5.63 Å². The van der Waals surface area contributed by atoms with Gasteiger partial charge in [-0.3, -0.25) is 0 Å². The van der Waals surface area contributed by atoms with Gasteiger partial charge in [0.2, 0.25) is 0 Å². The zero-order valence-electron chi connectivity index (χ0n) is 13.3. The Morgan fingerprint density at radius 2 is 1.73 bits per heavy atom. The van der Waals surface area contributed by atoms with Crippen molar-refractivity contribution in [3.8, 4) is 0 Å². The molecule has 0 amide bonds. The van der Waals surface area contributed by atoms with E-state index in [1.807, 2.05) is 20.8 Å². The number of hydrogen-bond donors (Lipinski definition) is 0. The van der Waals surface area contributed by atoms with Crippen LogP contribution in [0.2, 0.25) is 0 Å². The third-order valence-corrected chi connectivity index (χ3v) is 5.08. The Bertz CT molecular complexity index is 957. The highest BCUT2D eigenvalue weighted by Gasteiger charge is 2.22. The van der Waals surface area contributed by atoms with Crippen molar-refractivity contribution in [2.45, 2.75) is 52.9 Å². The zero-order valence-corrected chi connectivity index (χ0v) is 13.3. The molecule has 1 aliphatic carbocycles. The monoisotopic (exact) mass is 296 g/mol. The fourth-order valence-electron chi connectivity index (χ4n) is 3.83. The third kappa shape index (κ3) is 1.71. The first-order valence-corrected chi connectivity index (χ1v) is 8.12. The van der Waals surface area contributed by atoms with Crippen molar-refractivity contribution in [2.24, 2.45) is 0 Å². The summed E-state index contributed by atoms with van der Waals surface area (Å²) < 4.78 is 11.7. The van der Waals surface area contributed by atoms with Crippen LogP contribution in [0.5, 0.6) is 0 Å². The van der Waals surface area contributed by atoms with Crippen LogP contribution < -0.4 is 5.63 Å². The van der Waals surface area contributed by atoms with Crippen molar-refractivity contribution in [3.63, 3.8) is 0 Å². The van der Waals surface area contributed by atoms with E-state index in [0.29, 0.717) is 12.0 Å². The minimum absolute atomic E-state index is 0.216. The van der Waals surface area contributed by atoms with Gasteiger partial charge in [-0.15, -0.1) is 0 Å². The molecule has 0 spiro atoms. The maximum absolute atomic E-state index is 12.2. The second-order valence-corrected chi connectivity index (χ2v) is 6.31. The van der Waals surface area contributed by atoms with Crippen LogP contribution in [0, 0.1) is 13.8 Å². The van der Waals surface area contributed by atoms with Gasteiger partial charge in [0.15, 0.2) is 0 Å². The van der Waals surface area contributed by atoms with Crippen molar-refractivity contribution in [2.75, 3.05) is 0 Å². The average Bonchev–Trinajstić information content (AvgIpc) is 2.88. The molecule has 114 valence electrons. The van der Waals surface area contributed by atoms with Crippen molar-refractivity contribution in [1.82, 2.24) is 0 Å². The second-order valence-electron chi connectivity index (χ2n) is 6.31. The Morgan fingerprint density at radius 3 is 2.50 bits per heavy atom. The van der Waals surface area contributed by atoms with Crippen LogP contribution in [-0.2, 0) is 19.3 Å². The number of aryl methyl sites for hydroxylation is 4. The van der Waals surface area contributed by atoms with Crippen LogP contribution in [0.3, 0.4) is 0 Å². The predicted octanol–water partition coefficient (Wildman–Crippen LogP) is 4.60. The van der Waals surface area contributed by atoms with Gasteiger partial charge in [0.25, 0.3) is 0 Å². The van der Waals surface area contributed by atoms with E-state index in [1.54, 1.807) is 0 Å². The van der Waals surface area contributed by atoms with E-state index < -0.39 is 0 Å². The summed E-state index contributed by atoms with van der Waals surface area (Å²) >= 11 is 0. The van der Waals surface area contributed by atoms with Crippen LogP contribution in [0.25, 0.3) is 21.9 Å². The maximum atomic E-state index is 12.2. The van der Waals surface area contributed by atoms with E-state index >= 15 is 0 Å². The molecule has 4 rings (SSSR count). The smallest absolute Gasteiger partial charge is 0.339 e. The molecular formula is C19H20O3. The number of benzene rings is 1. The lowest BCUT2D eigenvalue weighted by Crippen LogP contribution is -2.09. The third-order valence-electron chi connectivity index (χ3n) is 5.08. The second kappa shape index (κ2) is 4.73. The molecule has 0 aliphatic heterocycles. The summed E-state index contributed by atoms with van der Waals surface area (Å²) in [6.45, 7) is 6.01. The number of hydrogen-bond acceptors (Lipinski definition) is 3. The summed E-state index contributed by atoms with van der Waals surface area (Å²) in [4.78, 5) is 12.2. The van der Waals surface area contributed by atoms with Crippen LogP contribution in [0.15, 0.2) is 19.7 Å². The summed E-state index contributed by atoms with van der Waals surface area (Å²) in [6.07, 6.45) is 5.22. The Balaban J connectivity index is 2.18. The molecule has 0 bridgehead atoms. The SMILES string of the molecule is CCc1c(C)c2cc3c4c(oc3c(C)c2oc1=O)CCCC4. The van der Waals surface area contributed by atoms with Crippen LogP contribution in [-0.4, -0.2) is 0 Å². The minimum atomic E-state index is -0.216. The summed E-state index contributed by atoms with van der Waals surface area (Å²) in [5.74, 6) is 1.12. The fourth-order valence-corrected chi connectivity index (χ4v) is 3.83. The highest BCUT2D eigenvalue weighted by atomic mass is 16.4. The molecule has 0 unspecified atom stereocenters. The molecule has 3 nitrogen and oxygen atoms in total. The molecule has 0 N–H and O–H groups in total. The number of rotatable bonds is 1. The molecule has 2 aromatic heterocycles. The topological polar surface area (TPSA) is 43.4 Å². The molecule has 0 atom stereocenters. The van der Waals surface area contributed by atoms with Crippen molar-refractivity contribution in [3.05, 3.63) is 44.5 Å². The fraction of sp³-hybridized carbons (Fsp3) is 0.421. The highest BCUT2D eigenvalue weighted by Crippen LogP contribution is 2.37. The predicted molar refractivity (Wildman–Crippen MR) is 87.8 cm³/mol. The Labute approximate surface area is 128 Å². The maximum Gasteiger partial charge on any atom is 0.339 e. The number of furan rings is 1. The van der Waals surface area contributed by atoms with Gasteiger partial charge in [-0.1, -0.05) is 6.92 Å². The molecule has 1 aliphatic rings. The largest absolute Gasteiger partial charge is 0.460 e. The van der Waals surface area contributed by atoms with E-state index in [-0.39, 0.29) is 5.63 Å². The number of fused-ring (bicyclic) bond motifs is 4. The first kappa shape index (κ1) is 13.6. The van der Waals surface area contributed by atoms with E-state index in [4.69, 9.17) is 8.83 Å². The first-order chi connectivity index (χ1) is 10.6. The molecule has 1 aromatic carbocycles. The lowest BCUT2D eigenvalue weighted by molar-refractivity contribution is 0.503. The van der Waals surface area contributed by atoms with Gasteiger partial charge in [0.05, 0.1) is 0 Å². The molecule has 3 heteroatoms. The molecule has 0 fully saturated rings. The van der Waals surface area contributed by atoms with Gasteiger partial charge in [-0.05, 0) is 51.2 Å². The Kier molecular flexibility index (Phi) is 2.93. The molecule has 0 saturated carbocycles. The Hall–Kier alpha value is -2.03. The van der Waals surface area contributed by atoms with Crippen molar-refractivity contribution < 1.29 is 8.83 Å². The first-order valence-electron chi connectivity index (χ1n) is 8.12. The molecule has 0 saturated heterocycles. The minimum Gasteiger partial charge on any atom is -0.460 e. The highest BCUT2D eigenvalue weighted by molar-refractivity contribution is 6.00. The molecular weight excluding hydrogens is 276 g/mol. The molecule has 0 radical (unpaired) electrons. The summed E-state index contributed by atoms with van der Waals surface area (Å²) in [7, 11) is 0. The zero-order chi connectivity index (χ0) is 15.4. The van der Waals surface area contributed by atoms with Gasteiger partial charge in [0, 0.05) is 33.9 Å². The normalized spacial score (nSPS) is 14.7. The van der Waals surface area contributed by atoms with E-state index in [2.05, 4.69) is 6.07 Å². The quantitative estimate of drug-likeness (QED) is 0.616. The van der Waals surface area contributed by atoms with Gasteiger partial charge in [-0.2, -0.15) is 0 Å². The molecule has 3 aromatic rings. The van der Waals surface area contributed by atoms with Crippen LogP contribution in [0.1, 0.15) is 47.8 Å². The Morgan fingerprint density at radius 1 is 1.00 bits per heavy atom. The van der Waals surface area contributed by atoms with Gasteiger partial charge in [-0.25, -0.2) is 4.79 Å². The average molecular weight is 296 g/mol. The lowest BCUT2D eigenvalue weighted by atomic mass is 9.93. The van der Waals surface area contributed by atoms with E-state index in [9.17, 15) is 4.79 Å². The van der Waals surface area contributed by atoms with Crippen molar-refractivity contribution >= 4 is 21.9 Å². The van der Waals surface area contributed by atoms with Crippen LogP contribution in [0.4, 0.5) is 0 Å². The summed E-state index contributed by atoms with van der Waals surface area (Å²) in [5.41, 5.74) is 5.49. The summed E-state index contributed by atoms with van der Waals surface area (Å²) in [5, 5.41) is 2.26. The lowest BCUT2D eigenvalue weighted by Gasteiger charge is -2.10. The van der Waals surface area contributed by atoms with E-state index in [1.165, 1.54) is 23.8 Å². The standard InChI is InChI=1S/C19H20O3/c1-4-12-10(2)14-9-15-13-7-5-6-8-16(13)21-18(15)11(3)17(14)22-19(12)20/h9H,4-8H2,1-3H3. The molecule has 2 heterocycles. The van der Waals surface area contributed by atoms with E-state index in [0.717, 1.165) is 46.3 Å². The van der Waals surface area contributed by atoms with Gasteiger partial charge < -0.3 is 8.83 Å². The van der Waals surface area contributed by atoms with Crippen molar-refractivity contribution in [1.29, 1.82) is 0 Å².